The second-order valence-electron chi connectivity index (χ2n) is 4.30. The summed E-state index contributed by atoms with van der Waals surface area (Å²) in [5, 5.41) is 3.08. The number of hydrogen-bond donors (Lipinski definition) is 1. The van der Waals surface area contributed by atoms with Crippen LogP contribution < -0.4 is 5.32 Å². The molecule has 0 saturated carbocycles. The molecule has 2 amide bonds. The van der Waals surface area contributed by atoms with E-state index in [1.165, 1.54) is 0 Å². The van der Waals surface area contributed by atoms with Crippen molar-refractivity contribution in [3.05, 3.63) is 0 Å². The standard InChI is InChI=1S/C11H21N3O2/c1-13(2)10(15)5-3-7-14-8-4-6-12-9-11(14)16/h12H,3-9H2,1-2H3. The number of nitrogens with one attached hydrogen (secondary N) is 1. The Hall–Kier alpha value is -1.10. The van der Waals surface area contributed by atoms with Gasteiger partial charge in [0.2, 0.25) is 11.8 Å². The maximum absolute atomic E-state index is 11.6. The van der Waals surface area contributed by atoms with Gasteiger partial charge >= 0.3 is 0 Å². The second-order valence-corrected chi connectivity index (χ2v) is 4.30. The molecule has 16 heavy (non-hydrogen) atoms. The first kappa shape index (κ1) is 13.0. The molecular weight excluding hydrogens is 206 g/mol. The number of carbonyl (C=O) groups excluding carboxylic acids is 2. The predicted molar refractivity (Wildman–Crippen MR) is 62.0 cm³/mol. The Balaban J connectivity index is 2.25. The molecule has 0 bridgehead atoms. The summed E-state index contributed by atoms with van der Waals surface area (Å²) in [5.41, 5.74) is 0. The molecule has 0 aromatic rings. The van der Waals surface area contributed by atoms with Gasteiger partial charge in [-0.1, -0.05) is 0 Å². The summed E-state index contributed by atoms with van der Waals surface area (Å²) in [6.45, 7) is 2.84. The van der Waals surface area contributed by atoms with Gasteiger partial charge in [-0.3, -0.25) is 9.59 Å². The molecule has 1 aliphatic heterocycles. The molecule has 0 aliphatic carbocycles. The quantitative estimate of drug-likeness (QED) is 0.716. The molecule has 1 aliphatic rings. The summed E-state index contributed by atoms with van der Waals surface area (Å²) < 4.78 is 0. The van der Waals surface area contributed by atoms with E-state index in [2.05, 4.69) is 5.32 Å². The third-order valence-corrected chi connectivity index (χ3v) is 2.73. The van der Waals surface area contributed by atoms with Crippen molar-refractivity contribution in [2.45, 2.75) is 19.3 Å². The zero-order valence-corrected chi connectivity index (χ0v) is 10.2. The van der Waals surface area contributed by atoms with Gasteiger partial charge in [-0.25, -0.2) is 0 Å². The highest BCUT2D eigenvalue weighted by molar-refractivity contribution is 5.78. The van der Waals surface area contributed by atoms with Gasteiger partial charge in [-0.15, -0.1) is 0 Å². The van der Waals surface area contributed by atoms with Crippen LogP contribution in [-0.4, -0.2) is 61.9 Å². The second kappa shape index (κ2) is 6.48. The average Bonchev–Trinajstić information content (AvgIpc) is 2.44. The van der Waals surface area contributed by atoms with Gasteiger partial charge in [-0.2, -0.15) is 0 Å². The van der Waals surface area contributed by atoms with Crippen LogP contribution >= 0.6 is 0 Å². The zero-order valence-electron chi connectivity index (χ0n) is 10.2. The van der Waals surface area contributed by atoms with E-state index in [0.29, 0.717) is 19.5 Å². The molecule has 5 nitrogen and oxygen atoms in total. The molecule has 1 rings (SSSR count). The van der Waals surface area contributed by atoms with Crippen LogP contribution in [0.15, 0.2) is 0 Å². The third-order valence-electron chi connectivity index (χ3n) is 2.73. The fourth-order valence-corrected chi connectivity index (χ4v) is 1.71. The minimum absolute atomic E-state index is 0.125. The van der Waals surface area contributed by atoms with Crippen LogP contribution in [0.1, 0.15) is 19.3 Å². The van der Waals surface area contributed by atoms with E-state index in [0.717, 1.165) is 25.9 Å². The Bertz CT molecular complexity index is 254. The van der Waals surface area contributed by atoms with Crippen LogP contribution in [0.5, 0.6) is 0 Å². The van der Waals surface area contributed by atoms with Gasteiger partial charge in [0.15, 0.2) is 0 Å². The van der Waals surface area contributed by atoms with Crippen molar-refractivity contribution in [1.29, 1.82) is 0 Å². The fraction of sp³-hybridized carbons (Fsp3) is 0.818. The highest BCUT2D eigenvalue weighted by Gasteiger charge is 2.16. The molecule has 1 heterocycles. The van der Waals surface area contributed by atoms with Gasteiger partial charge in [0.05, 0.1) is 6.54 Å². The molecule has 1 N–H and O–H groups in total. The van der Waals surface area contributed by atoms with Crippen LogP contribution in [0.3, 0.4) is 0 Å². The molecule has 0 unspecified atom stereocenters. The topological polar surface area (TPSA) is 52.7 Å². The lowest BCUT2D eigenvalue weighted by atomic mass is 10.2. The van der Waals surface area contributed by atoms with Crippen molar-refractivity contribution in [2.75, 3.05) is 40.3 Å². The van der Waals surface area contributed by atoms with E-state index in [-0.39, 0.29) is 11.8 Å². The first-order valence-electron chi connectivity index (χ1n) is 5.80. The first-order valence-corrected chi connectivity index (χ1v) is 5.80. The minimum Gasteiger partial charge on any atom is -0.349 e. The lowest BCUT2D eigenvalue weighted by Gasteiger charge is -2.20. The normalized spacial score (nSPS) is 17.1. The maximum atomic E-state index is 11.6. The average molecular weight is 227 g/mol. The van der Waals surface area contributed by atoms with Gasteiger partial charge in [0, 0.05) is 33.6 Å². The van der Waals surface area contributed by atoms with Crippen molar-refractivity contribution >= 4 is 11.8 Å². The van der Waals surface area contributed by atoms with Crippen molar-refractivity contribution in [3.63, 3.8) is 0 Å². The summed E-state index contributed by atoms with van der Waals surface area (Å²) in [6, 6.07) is 0. The molecule has 0 radical (unpaired) electrons. The van der Waals surface area contributed by atoms with Crippen LogP contribution in [0.4, 0.5) is 0 Å². The molecule has 0 aromatic carbocycles. The molecule has 0 aromatic heterocycles. The van der Waals surface area contributed by atoms with Crippen molar-refractivity contribution in [3.8, 4) is 0 Å². The molecule has 5 heteroatoms. The van der Waals surface area contributed by atoms with E-state index in [4.69, 9.17) is 0 Å². The molecule has 0 atom stereocenters. The third kappa shape index (κ3) is 4.18. The van der Waals surface area contributed by atoms with E-state index >= 15 is 0 Å². The van der Waals surface area contributed by atoms with E-state index in [1.807, 2.05) is 4.90 Å². The lowest BCUT2D eigenvalue weighted by molar-refractivity contribution is -0.131. The number of nitrogens with zero attached hydrogens (tertiary/aromatic N) is 2. The lowest BCUT2D eigenvalue weighted by Crippen LogP contribution is -2.36. The van der Waals surface area contributed by atoms with Gasteiger partial charge in [-0.05, 0) is 19.4 Å². The Labute approximate surface area is 96.8 Å². The highest BCUT2D eigenvalue weighted by Crippen LogP contribution is 2.01. The fourth-order valence-electron chi connectivity index (χ4n) is 1.71. The monoisotopic (exact) mass is 227 g/mol. The van der Waals surface area contributed by atoms with Crippen LogP contribution in [0.2, 0.25) is 0 Å². The van der Waals surface area contributed by atoms with Crippen molar-refractivity contribution < 1.29 is 9.59 Å². The summed E-state index contributed by atoms with van der Waals surface area (Å²) in [6.07, 6.45) is 2.26. The Morgan fingerprint density at radius 3 is 2.94 bits per heavy atom. The summed E-state index contributed by atoms with van der Waals surface area (Å²) in [5.74, 6) is 0.273. The smallest absolute Gasteiger partial charge is 0.236 e. The zero-order chi connectivity index (χ0) is 12.0. The highest BCUT2D eigenvalue weighted by atomic mass is 16.2. The molecule has 92 valence electrons. The van der Waals surface area contributed by atoms with Crippen LogP contribution in [0, 0.1) is 0 Å². The number of hydrogen-bond acceptors (Lipinski definition) is 3. The SMILES string of the molecule is CN(C)C(=O)CCCN1CCCNCC1=O. The van der Waals surface area contributed by atoms with Crippen molar-refractivity contribution in [1.82, 2.24) is 15.1 Å². The molecular formula is C11H21N3O2. The maximum Gasteiger partial charge on any atom is 0.236 e. The predicted octanol–water partition coefficient (Wildman–Crippen LogP) is -0.323. The Morgan fingerprint density at radius 1 is 1.50 bits per heavy atom. The van der Waals surface area contributed by atoms with Gasteiger partial charge in [0.25, 0.3) is 0 Å². The van der Waals surface area contributed by atoms with E-state index in [1.54, 1.807) is 19.0 Å². The minimum atomic E-state index is 0.125. The largest absolute Gasteiger partial charge is 0.349 e. The summed E-state index contributed by atoms with van der Waals surface area (Å²) in [7, 11) is 3.51. The van der Waals surface area contributed by atoms with Crippen LogP contribution in [0.25, 0.3) is 0 Å². The van der Waals surface area contributed by atoms with Crippen LogP contribution in [-0.2, 0) is 9.59 Å². The molecule has 1 saturated heterocycles. The van der Waals surface area contributed by atoms with Crippen molar-refractivity contribution in [2.24, 2.45) is 0 Å². The first-order chi connectivity index (χ1) is 7.61. The summed E-state index contributed by atoms with van der Waals surface area (Å²) >= 11 is 0. The number of amides is 2. The van der Waals surface area contributed by atoms with Gasteiger partial charge < -0.3 is 15.1 Å². The Morgan fingerprint density at radius 2 is 2.25 bits per heavy atom. The molecule has 0 spiro atoms. The van der Waals surface area contributed by atoms with E-state index in [9.17, 15) is 9.59 Å². The Kier molecular flexibility index (Phi) is 5.25. The number of rotatable bonds is 4. The molecule has 1 fully saturated rings. The van der Waals surface area contributed by atoms with Gasteiger partial charge in [0.1, 0.15) is 0 Å². The summed E-state index contributed by atoms with van der Waals surface area (Å²) in [4.78, 5) is 26.4. The van der Waals surface area contributed by atoms with E-state index < -0.39 is 0 Å². The number of carbonyl (C=O) groups is 2.